The lowest BCUT2D eigenvalue weighted by Crippen LogP contribution is -2.14. The molecule has 0 bridgehead atoms. The second kappa shape index (κ2) is 6.63. The summed E-state index contributed by atoms with van der Waals surface area (Å²) in [5, 5.41) is 0. The minimum absolute atomic E-state index is 0.282. The van der Waals surface area contributed by atoms with E-state index in [4.69, 9.17) is 0 Å². The lowest BCUT2D eigenvalue weighted by molar-refractivity contribution is 0.412. The molecule has 0 fully saturated rings. The molecule has 1 aromatic heterocycles. The molecule has 0 amide bonds. The van der Waals surface area contributed by atoms with E-state index in [1.54, 1.807) is 18.0 Å². The monoisotopic (exact) mass is 307 g/mol. The molecule has 1 unspecified atom stereocenters. The Morgan fingerprint density at radius 1 is 1.22 bits per heavy atom. The SMILES string of the molecule is Cc1ccc2c(c1)CC(CCN(C)C)=C2C(C)c1cnccn1. The molecule has 120 valence electrons. The molecule has 1 atom stereocenters. The smallest absolute Gasteiger partial charge is 0.0658 e. The molecule has 1 aliphatic rings. The van der Waals surface area contributed by atoms with Crippen LogP contribution >= 0.6 is 0 Å². The largest absolute Gasteiger partial charge is 0.309 e. The van der Waals surface area contributed by atoms with Gasteiger partial charge in [-0.1, -0.05) is 36.3 Å². The predicted octanol–water partition coefficient (Wildman–Crippen LogP) is 3.85. The molecule has 0 aliphatic heterocycles. The van der Waals surface area contributed by atoms with E-state index in [0.29, 0.717) is 0 Å². The van der Waals surface area contributed by atoms with Crippen molar-refractivity contribution in [2.24, 2.45) is 0 Å². The summed E-state index contributed by atoms with van der Waals surface area (Å²) in [4.78, 5) is 11.0. The fourth-order valence-corrected chi connectivity index (χ4v) is 3.45. The summed E-state index contributed by atoms with van der Waals surface area (Å²) in [5.41, 5.74) is 8.27. The van der Waals surface area contributed by atoms with Crippen LogP contribution in [0.2, 0.25) is 0 Å². The van der Waals surface area contributed by atoms with Gasteiger partial charge in [-0.3, -0.25) is 9.97 Å². The Balaban J connectivity index is 2.00. The average Bonchev–Trinajstić information content (AvgIpc) is 2.90. The molecule has 0 saturated carbocycles. The standard InChI is InChI=1S/C20H25N3/c1-14-5-6-18-17(11-14)12-16(7-10-23(3)4)20(18)15(2)19-13-21-8-9-22-19/h5-6,8-9,11,13,15H,7,10,12H2,1-4H3. The summed E-state index contributed by atoms with van der Waals surface area (Å²) in [6.07, 6.45) is 7.61. The van der Waals surface area contributed by atoms with Gasteiger partial charge in [-0.15, -0.1) is 0 Å². The van der Waals surface area contributed by atoms with Crippen LogP contribution in [-0.2, 0) is 6.42 Å². The van der Waals surface area contributed by atoms with Crippen LogP contribution in [0.15, 0.2) is 42.4 Å². The molecule has 3 nitrogen and oxygen atoms in total. The Morgan fingerprint density at radius 2 is 2.04 bits per heavy atom. The van der Waals surface area contributed by atoms with E-state index in [9.17, 15) is 0 Å². The van der Waals surface area contributed by atoms with Crippen LogP contribution in [-0.4, -0.2) is 35.5 Å². The number of aromatic nitrogens is 2. The Bertz CT molecular complexity index is 717. The van der Waals surface area contributed by atoms with E-state index in [-0.39, 0.29) is 5.92 Å². The number of benzene rings is 1. The molecule has 0 saturated heterocycles. The summed E-state index contributed by atoms with van der Waals surface area (Å²) < 4.78 is 0. The van der Waals surface area contributed by atoms with Gasteiger partial charge < -0.3 is 4.90 Å². The zero-order valence-electron chi connectivity index (χ0n) is 14.5. The average molecular weight is 307 g/mol. The maximum absolute atomic E-state index is 4.54. The van der Waals surface area contributed by atoms with E-state index >= 15 is 0 Å². The Morgan fingerprint density at radius 3 is 2.74 bits per heavy atom. The number of hydrogen-bond donors (Lipinski definition) is 0. The number of hydrogen-bond acceptors (Lipinski definition) is 3. The van der Waals surface area contributed by atoms with Gasteiger partial charge in [0.25, 0.3) is 0 Å². The maximum atomic E-state index is 4.54. The summed E-state index contributed by atoms with van der Waals surface area (Å²) in [5.74, 6) is 0.282. The zero-order chi connectivity index (χ0) is 16.4. The predicted molar refractivity (Wildman–Crippen MR) is 95.4 cm³/mol. The van der Waals surface area contributed by atoms with Crippen molar-refractivity contribution < 1.29 is 0 Å². The number of aryl methyl sites for hydroxylation is 1. The van der Waals surface area contributed by atoms with Crippen molar-refractivity contribution in [2.45, 2.75) is 32.6 Å². The van der Waals surface area contributed by atoms with Gasteiger partial charge in [-0.2, -0.15) is 0 Å². The van der Waals surface area contributed by atoms with Gasteiger partial charge in [0, 0.05) is 31.1 Å². The third-order valence-electron chi connectivity index (χ3n) is 4.66. The summed E-state index contributed by atoms with van der Waals surface area (Å²) >= 11 is 0. The molecule has 0 radical (unpaired) electrons. The van der Waals surface area contributed by atoms with Crippen LogP contribution in [0.3, 0.4) is 0 Å². The lowest BCUT2D eigenvalue weighted by atomic mass is 9.90. The van der Waals surface area contributed by atoms with Crippen molar-refractivity contribution in [1.29, 1.82) is 0 Å². The summed E-state index contributed by atoms with van der Waals surface area (Å²) in [7, 11) is 4.27. The molecule has 2 aromatic rings. The van der Waals surface area contributed by atoms with Crippen molar-refractivity contribution in [1.82, 2.24) is 14.9 Å². The minimum Gasteiger partial charge on any atom is -0.309 e. The zero-order valence-corrected chi connectivity index (χ0v) is 14.5. The quantitative estimate of drug-likeness (QED) is 0.840. The van der Waals surface area contributed by atoms with Gasteiger partial charge in [0.1, 0.15) is 0 Å². The van der Waals surface area contributed by atoms with Crippen LogP contribution in [0.25, 0.3) is 5.57 Å². The van der Waals surface area contributed by atoms with Crippen LogP contribution in [0.5, 0.6) is 0 Å². The molecule has 1 aromatic carbocycles. The lowest BCUT2D eigenvalue weighted by Gasteiger charge is -2.17. The van der Waals surface area contributed by atoms with E-state index in [2.05, 4.69) is 61.0 Å². The third-order valence-corrected chi connectivity index (χ3v) is 4.66. The molecular formula is C20H25N3. The minimum atomic E-state index is 0.282. The van der Waals surface area contributed by atoms with Crippen molar-refractivity contribution in [2.75, 3.05) is 20.6 Å². The van der Waals surface area contributed by atoms with Gasteiger partial charge in [-0.25, -0.2) is 0 Å². The molecule has 1 aliphatic carbocycles. The Hall–Kier alpha value is -2.00. The molecule has 3 rings (SSSR count). The molecule has 3 heteroatoms. The van der Waals surface area contributed by atoms with Gasteiger partial charge in [0.15, 0.2) is 0 Å². The van der Waals surface area contributed by atoms with Crippen molar-refractivity contribution in [3.05, 3.63) is 64.7 Å². The maximum Gasteiger partial charge on any atom is 0.0658 e. The number of rotatable bonds is 5. The molecule has 1 heterocycles. The Labute approximate surface area is 139 Å². The highest BCUT2D eigenvalue weighted by Gasteiger charge is 2.26. The second-order valence-electron chi connectivity index (χ2n) is 6.76. The molecule has 0 N–H and O–H groups in total. The van der Waals surface area contributed by atoms with Crippen molar-refractivity contribution in [3.63, 3.8) is 0 Å². The van der Waals surface area contributed by atoms with Crippen LogP contribution in [0.4, 0.5) is 0 Å². The first-order chi connectivity index (χ1) is 11.1. The summed E-state index contributed by atoms with van der Waals surface area (Å²) in [6.45, 7) is 5.51. The van der Waals surface area contributed by atoms with Crippen LogP contribution < -0.4 is 0 Å². The molecular weight excluding hydrogens is 282 g/mol. The van der Waals surface area contributed by atoms with Crippen LogP contribution in [0, 0.1) is 6.92 Å². The first-order valence-corrected chi connectivity index (χ1v) is 8.28. The van der Waals surface area contributed by atoms with E-state index < -0.39 is 0 Å². The topological polar surface area (TPSA) is 29.0 Å². The normalized spacial score (nSPS) is 15.2. The van der Waals surface area contributed by atoms with Gasteiger partial charge in [-0.05, 0) is 50.6 Å². The highest BCUT2D eigenvalue weighted by atomic mass is 15.0. The number of fused-ring (bicyclic) bond motifs is 1. The van der Waals surface area contributed by atoms with Crippen molar-refractivity contribution in [3.8, 4) is 0 Å². The van der Waals surface area contributed by atoms with E-state index in [1.807, 2.05) is 6.20 Å². The molecule has 0 spiro atoms. The van der Waals surface area contributed by atoms with Crippen molar-refractivity contribution >= 4 is 5.57 Å². The van der Waals surface area contributed by atoms with Gasteiger partial charge >= 0.3 is 0 Å². The highest BCUT2D eigenvalue weighted by molar-refractivity contribution is 5.80. The summed E-state index contributed by atoms with van der Waals surface area (Å²) in [6, 6.07) is 6.84. The molecule has 23 heavy (non-hydrogen) atoms. The number of allylic oxidation sites excluding steroid dienone is 1. The van der Waals surface area contributed by atoms with Gasteiger partial charge in [0.05, 0.1) is 5.69 Å². The van der Waals surface area contributed by atoms with E-state index in [1.165, 1.54) is 22.3 Å². The first-order valence-electron chi connectivity index (χ1n) is 8.28. The Kier molecular flexibility index (Phi) is 4.58. The van der Waals surface area contributed by atoms with Gasteiger partial charge in [0.2, 0.25) is 0 Å². The second-order valence-corrected chi connectivity index (χ2v) is 6.76. The fourth-order valence-electron chi connectivity index (χ4n) is 3.45. The first kappa shape index (κ1) is 15.9. The van der Waals surface area contributed by atoms with E-state index in [0.717, 1.165) is 25.1 Å². The van der Waals surface area contributed by atoms with Crippen LogP contribution in [0.1, 0.15) is 41.6 Å². The number of nitrogens with zero attached hydrogens (tertiary/aromatic N) is 3. The highest BCUT2D eigenvalue weighted by Crippen LogP contribution is 2.42. The fraction of sp³-hybridized carbons (Fsp3) is 0.400. The third kappa shape index (κ3) is 3.35.